The lowest BCUT2D eigenvalue weighted by Crippen LogP contribution is -2.39. The second-order valence-corrected chi connectivity index (χ2v) is 6.09. The minimum Gasteiger partial charge on any atom is -0.383 e. The van der Waals surface area contributed by atoms with Gasteiger partial charge in [0.05, 0.1) is 6.61 Å². The summed E-state index contributed by atoms with van der Waals surface area (Å²) in [7, 11) is 1.81. The van der Waals surface area contributed by atoms with Gasteiger partial charge in [0.2, 0.25) is 0 Å². The van der Waals surface area contributed by atoms with Crippen LogP contribution in [0.3, 0.4) is 0 Å². The van der Waals surface area contributed by atoms with Crippen molar-refractivity contribution in [2.45, 2.75) is 45.1 Å². The average Bonchev–Trinajstić information content (AvgIpc) is 3.24. The van der Waals surface area contributed by atoms with E-state index >= 15 is 0 Å². The van der Waals surface area contributed by atoms with E-state index in [1.165, 1.54) is 51.7 Å². The largest absolute Gasteiger partial charge is 0.383 e. The third kappa shape index (κ3) is 4.52. The molecule has 0 amide bonds. The van der Waals surface area contributed by atoms with E-state index in [0.29, 0.717) is 0 Å². The van der Waals surface area contributed by atoms with Gasteiger partial charge in [-0.3, -0.25) is 4.90 Å². The fraction of sp³-hybridized carbons (Fsp3) is 1.00. The maximum atomic E-state index is 5.26. The van der Waals surface area contributed by atoms with Crippen molar-refractivity contribution in [2.24, 2.45) is 11.8 Å². The quantitative estimate of drug-likeness (QED) is 0.718. The Labute approximate surface area is 112 Å². The highest BCUT2D eigenvalue weighted by atomic mass is 16.5. The Hall–Kier alpha value is -0.120. The van der Waals surface area contributed by atoms with E-state index in [9.17, 15) is 0 Å². The molecule has 106 valence electrons. The summed E-state index contributed by atoms with van der Waals surface area (Å²) in [5.41, 5.74) is 0. The SMILES string of the molecule is COCCN(CCC1CCNCC1)C(C)C1CC1. The molecule has 1 saturated carbocycles. The number of methoxy groups -OCH3 is 1. The second kappa shape index (κ2) is 7.46. The van der Waals surface area contributed by atoms with Crippen molar-refractivity contribution in [1.29, 1.82) is 0 Å². The molecular formula is C15H30N2O. The Balaban J connectivity index is 1.72. The molecule has 3 heteroatoms. The highest BCUT2D eigenvalue weighted by Gasteiger charge is 2.31. The molecule has 1 heterocycles. The van der Waals surface area contributed by atoms with E-state index in [0.717, 1.165) is 31.0 Å². The maximum Gasteiger partial charge on any atom is 0.0589 e. The lowest BCUT2D eigenvalue weighted by atomic mass is 9.94. The molecule has 3 nitrogen and oxygen atoms in total. The molecule has 2 rings (SSSR count). The minimum atomic E-state index is 0.766. The third-order valence-corrected chi connectivity index (χ3v) is 4.75. The topological polar surface area (TPSA) is 24.5 Å². The number of rotatable bonds is 8. The van der Waals surface area contributed by atoms with Crippen LogP contribution in [0.25, 0.3) is 0 Å². The van der Waals surface area contributed by atoms with E-state index in [1.807, 2.05) is 7.11 Å². The van der Waals surface area contributed by atoms with Gasteiger partial charge in [0, 0.05) is 19.7 Å². The first-order chi connectivity index (χ1) is 8.81. The molecule has 1 atom stereocenters. The molecule has 2 fully saturated rings. The Morgan fingerprint density at radius 1 is 1.17 bits per heavy atom. The minimum absolute atomic E-state index is 0.766. The van der Waals surface area contributed by atoms with E-state index in [4.69, 9.17) is 4.74 Å². The fourth-order valence-corrected chi connectivity index (χ4v) is 3.12. The van der Waals surface area contributed by atoms with E-state index in [2.05, 4.69) is 17.1 Å². The number of nitrogens with one attached hydrogen (secondary N) is 1. The van der Waals surface area contributed by atoms with Crippen molar-refractivity contribution in [3.05, 3.63) is 0 Å². The van der Waals surface area contributed by atoms with Crippen molar-refractivity contribution in [2.75, 3.05) is 39.9 Å². The van der Waals surface area contributed by atoms with Crippen LogP contribution in [0, 0.1) is 11.8 Å². The highest BCUT2D eigenvalue weighted by molar-refractivity contribution is 4.85. The molecule has 2 aliphatic rings. The average molecular weight is 254 g/mol. The van der Waals surface area contributed by atoms with Gasteiger partial charge in [0.15, 0.2) is 0 Å². The smallest absolute Gasteiger partial charge is 0.0589 e. The second-order valence-electron chi connectivity index (χ2n) is 6.09. The van der Waals surface area contributed by atoms with Gasteiger partial charge >= 0.3 is 0 Å². The van der Waals surface area contributed by atoms with Gasteiger partial charge in [0.1, 0.15) is 0 Å². The lowest BCUT2D eigenvalue weighted by Gasteiger charge is -2.31. The van der Waals surface area contributed by atoms with Crippen LogP contribution in [0.4, 0.5) is 0 Å². The van der Waals surface area contributed by atoms with Gasteiger partial charge in [-0.15, -0.1) is 0 Å². The first-order valence-electron chi connectivity index (χ1n) is 7.75. The number of nitrogens with zero attached hydrogens (tertiary/aromatic N) is 1. The zero-order valence-corrected chi connectivity index (χ0v) is 12.2. The number of piperidine rings is 1. The molecule has 1 unspecified atom stereocenters. The molecule has 0 spiro atoms. The molecule has 0 radical (unpaired) electrons. The van der Waals surface area contributed by atoms with Crippen molar-refractivity contribution >= 4 is 0 Å². The Kier molecular flexibility index (Phi) is 5.93. The van der Waals surface area contributed by atoms with Gasteiger partial charge in [-0.05, 0) is 70.5 Å². The number of hydrogen-bond donors (Lipinski definition) is 1. The molecular weight excluding hydrogens is 224 g/mol. The Bertz CT molecular complexity index is 225. The van der Waals surface area contributed by atoms with Crippen molar-refractivity contribution in [1.82, 2.24) is 10.2 Å². The van der Waals surface area contributed by atoms with Crippen molar-refractivity contribution in [3.63, 3.8) is 0 Å². The maximum absolute atomic E-state index is 5.26. The number of ether oxygens (including phenoxy) is 1. The zero-order chi connectivity index (χ0) is 12.8. The normalized spacial score (nSPS) is 23.5. The van der Waals surface area contributed by atoms with Crippen LogP contribution in [-0.2, 0) is 4.74 Å². The van der Waals surface area contributed by atoms with E-state index in [-0.39, 0.29) is 0 Å². The first-order valence-corrected chi connectivity index (χ1v) is 7.75. The van der Waals surface area contributed by atoms with Gasteiger partial charge in [-0.2, -0.15) is 0 Å². The van der Waals surface area contributed by atoms with Gasteiger partial charge in [0.25, 0.3) is 0 Å². The van der Waals surface area contributed by atoms with Crippen LogP contribution in [0.5, 0.6) is 0 Å². The predicted molar refractivity (Wildman–Crippen MR) is 75.8 cm³/mol. The summed E-state index contributed by atoms with van der Waals surface area (Å²) in [4.78, 5) is 2.67. The van der Waals surface area contributed by atoms with Crippen molar-refractivity contribution < 1.29 is 4.74 Å². The van der Waals surface area contributed by atoms with Gasteiger partial charge < -0.3 is 10.1 Å². The lowest BCUT2D eigenvalue weighted by molar-refractivity contribution is 0.109. The van der Waals surface area contributed by atoms with Gasteiger partial charge in [-0.25, -0.2) is 0 Å². The van der Waals surface area contributed by atoms with Crippen LogP contribution in [0.15, 0.2) is 0 Å². The summed E-state index contributed by atoms with van der Waals surface area (Å²) < 4.78 is 5.26. The molecule has 0 aromatic carbocycles. The number of hydrogen-bond acceptors (Lipinski definition) is 3. The summed E-state index contributed by atoms with van der Waals surface area (Å²) in [6.07, 6.45) is 7.00. The Morgan fingerprint density at radius 2 is 1.89 bits per heavy atom. The monoisotopic (exact) mass is 254 g/mol. The standard InChI is InChI=1S/C15H30N2O/c1-13(15-3-4-15)17(11-12-18-2)10-7-14-5-8-16-9-6-14/h13-16H,3-12H2,1-2H3. The molecule has 18 heavy (non-hydrogen) atoms. The molecule has 1 saturated heterocycles. The van der Waals surface area contributed by atoms with E-state index in [1.54, 1.807) is 0 Å². The summed E-state index contributed by atoms with van der Waals surface area (Å²) in [6, 6.07) is 0.766. The van der Waals surface area contributed by atoms with Crippen molar-refractivity contribution in [3.8, 4) is 0 Å². The van der Waals surface area contributed by atoms with E-state index < -0.39 is 0 Å². The zero-order valence-electron chi connectivity index (χ0n) is 12.2. The fourth-order valence-electron chi connectivity index (χ4n) is 3.12. The van der Waals surface area contributed by atoms with Crippen LogP contribution in [-0.4, -0.2) is 50.8 Å². The third-order valence-electron chi connectivity index (χ3n) is 4.75. The molecule has 1 aliphatic carbocycles. The summed E-state index contributed by atoms with van der Waals surface area (Å²) in [5.74, 6) is 1.91. The summed E-state index contributed by atoms with van der Waals surface area (Å²) >= 11 is 0. The predicted octanol–water partition coefficient (Wildman–Crippen LogP) is 2.12. The molecule has 1 aliphatic heterocycles. The van der Waals surface area contributed by atoms with Crippen LogP contribution < -0.4 is 5.32 Å². The highest BCUT2D eigenvalue weighted by Crippen LogP contribution is 2.35. The molecule has 0 aromatic rings. The Morgan fingerprint density at radius 3 is 2.50 bits per heavy atom. The van der Waals surface area contributed by atoms with Gasteiger partial charge in [-0.1, -0.05) is 0 Å². The molecule has 0 bridgehead atoms. The van der Waals surface area contributed by atoms with Crippen LogP contribution >= 0.6 is 0 Å². The molecule has 0 aromatic heterocycles. The summed E-state index contributed by atoms with van der Waals surface area (Å²) in [5, 5.41) is 3.45. The molecule has 1 N–H and O–H groups in total. The van der Waals surface area contributed by atoms with Crippen LogP contribution in [0.2, 0.25) is 0 Å². The first kappa shape index (κ1) is 14.3. The summed E-state index contributed by atoms with van der Waals surface area (Å²) in [6.45, 7) is 8.12. The van der Waals surface area contributed by atoms with Crippen LogP contribution in [0.1, 0.15) is 39.0 Å².